The maximum atomic E-state index is 14.6. The minimum absolute atomic E-state index is 0.00297. The second kappa shape index (κ2) is 12.9. The highest BCUT2D eigenvalue weighted by atomic mass is 19.1. The molecule has 8 nitrogen and oxygen atoms in total. The molecule has 0 saturated heterocycles. The van der Waals surface area contributed by atoms with Crippen molar-refractivity contribution in [1.82, 2.24) is 25.5 Å². The van der Waals surface area contributed by atoms with Crippen LogP contribution in [0.25, 0.3) is 11.4 Å². The minimum Gasteiger partial charge on any atom is -0.397 e. The SMILES string of the molecule is C=C(C)N=c1nc(C(=C)NCc2ccc(F)c(CNC3=C(N)C(=C)C3)c2)cc(C(=C)NCC23CCC(C(=C)C#N)(CC2)CC3)n1C. The van der Waals surface area contributed by atoms with Crippen molar-refractivity contribution in [3.05, 3.63) is 119 Å². The summed E-state index contributed by atoms with van der Waals surface area (Å²) < 4.78 is 16.5. The lowest BCUT2D eigenvalue weighted by molar-refractivity contribution is 0.0204. The fraction of sp³-hybridized carbons (Fsp3) is 0.378. The number of aromatic nitrogens is 2. The molecule has 0 amide bonds. The number of hydrogen-bond donors (Lipinski definition) is 4. The Labute approximate surface area is 271 Å². The molecule has 2 aromatic rings. The van der Waals surface area contributed by atoms with Crippen LogP contribution < -0.4 is 27.3 Å². The summed E-state index contributed by atoms with van der Waals surface area (Å²) in [5.74, 6) is -0.278. The van der Waals surface area contributed by atoms with E-state index in [9.17, 15) is 9.65 Å². The summed E-state index contributed by atoms with van der Waals surface area (Å²) >= 11 is 0. The highest BCUT2D eigenvalue weighted by Crippen LogP contribution is 2.59. The maximum Gasteiger partial charge on any atom is 0.230 e. The van der Waals surface area contributed by atoms with E-state index in [1.807, 2.05) is 30.7 Å². The van der Waals surface area contributed by atoms with Gasteiger partial charge in [0.05, 0.1) is 34.5 Å². The van der Waals surface area contributed by atoms with Gasteiger partial charge >= 0.3 is 0 Å². The number of halogens is 1. The third-order valence-corrected chi connectivity index (χ3v) is 10.1. The number of allylic oxidation sites excluding steroid dienone is 4. The van der Waals surface area contributed by atoms with Crippen molar-refractivity contribution in [2.45, 2.75) is 65.0 Å². The predicted octanol–water partition coefficient (Wildman–Crippen LogP) is 5.95. The zero-order chi connectivity index (χ0) is 33.2. The molecule has 1 heterocycles. The van der Waals surface area contributed by atoms with Crippen molar-refractivity contribution in [3.63, 3.8) is 0 Å². The molecule has 0 atom stereocenters. The smallest absolute Gasteiger partial charge is 0.230 e. The van der Waals surface area contributed by atoms with Gasteiger partial charge in [-0.2, -0.15) is 5.26 Å². The summed E-state index contributed by atoms with van der Waals surface area (Å²) in [6.45, 7) is 24.0. The molecule has 6 rings (SSSR count). The van der Waals surface area contributed by atoms with Crippen LogP contribution in [-0.4, -0.2) is 16.1 Å². The van der Waals surface area contributed by atoms with Crippen molar-refractivity contribution < 1.29 is 4.39 Å². The Morgan fingerprint density at radius 3 is 2.37 bits per heavy atom. The van der Waals surface area contributed by atoms with E-state index in [4.69, 9.17) is 10.7 Å². The Bertz CT molecular complexity index is 1760. The fourth-order valence-electron chi connectivity index (χ4n) is 6.79. The number of rotatable bonds is 13. The van der Waals surface area contributed by atoms with Gasteiger partial charge in [-0.1, -0.05) is 39.0 Å². The number of fused-ring (bicyclic) bond motifs is 3. The van der Waals surface area contributed by atoms with Gasteiger partial charge in [0.25, 0.3) is 0 Å². The van der Waals surface area contributed by atoms with Crippen molar-refractivity contribution >= 4 is 11.4 Å². The van der Waals surface area contributed by atoms with Crippen LogP contribution in [0.15, 0.2) is 90.4 Å². The van der Waals surface area contributed by atoms with Gasteiger partial charge in [-0.3, -0.25) is 0 Å². The first-order chi connectivity index (χ1) is 21.8. The summed E-state index contributed by atoms with van der Waals surface area (Å²) in [6, 6.07) is 9.35. The molecule has 240 valence electrons. The molecule has 0 radical (unpaired) electrons. The van der Waals surface area contributed by atoms with Crippen molar-refractivity contribution in [1.29, 1.82) is 5.26 Å². The summed E-state index contributed by atoms with van der Waals surface area (Å²) in [4.78, 5) is 9.35. The van der Waals surface area contributed by atoms with Crippen LogP contribution >= 0.6 is 0 Å². The molecule has 1 aromatic heterocycles. The van der Waals surface area contributed by atoms with E-state index >= 15 is 0 Å². The van der Waals surface area contributed by atoms with E-state index in [-0.39, 0.29) is 16.6 Å². The summed E-state index contributed by atoms with van der Waals surface area (Å²) in [5.41, 5.74) is 14.8. The molecular weight excluding hydrogens is 575 g/mol. The summed E-state index contributed by atoms with van der Waals surface area (Å²) in [6.07, 6.45) is 6.96. The van der Waals surface area contributed by atoms with E-state index < -0.39 is 0 Å². The number of hydrogen-bond acceptors (Lipinski definition) is 7. The standard InChI is InChI=1S/C37H45FN8/c1-23(2)44-35-45-31(26(5)41-20-28-8-9-30(38)29(17-28)21-42-32-16-24(3)34(32)40)18-33(46(35)7)27(6)43-22-36-10-13-37(14-11-36,15-12-36)25(4)19-39/h8-9,17-18,41-43H,1,3-6,10-16,20-22,40H2,2,7H3. The van der Waals surface area contributed by atoms with E-state index in [0.29, 0.717) is 53.5 Å². The van der Waals surface area contributed by atoms with Gasteiger partial charge in [0, 0.05) is 61.0 Å². The lowest BCUT2D eigenvalue weighted by Crippen LogP contribution is -2.46. The van der Waals surface area contributed by atoms with Crippen LogP contribution in [0, 0.1) is 28.0 Å². The quantitative estimate of drug-likeness (QED) is 0.206. The average molecular weight is 621 g/mol. The van der Waals surface area contributed by atoms with Crippen LogP contribution in [0.4, 0.5) is 4.39 Å². The maximum absolute atomic E-state index is 14.6. The molecule has 0 unspecified atom stereocenters. The van der Waals surface area contributed by atoms with Crippen LogP contribution in [0.3, 0.4) is 0 Å². The molecule has 5 N–H and O–H groups in total. The number of nitrogens with two attached hydrogens (primary N) is 1. The van der Waals surface area contributed by atoms with Gasteiger partial charge in [-0.15, -0.1) is 0 Å². The van der Waals surface area contributed by atoms with Crippen LogP contribution in [0.2, 0.25) is 0 Å². The predicted molar refractivity (Wildman–Crippen MR) is 182 cm³/mol. The topological polar surface area (TPSA) is 116 Å². The van der Waals surface area contributed by atoms with Gasteiger partial charge < -0.3 is 26.3 Å². The number of nitrogens with one attached hydrogen (secondary N) is 3. The lowest BCUT2D eigenvalue weighted by atomic mass is 9.52. The first-order valence-corrected chi connectivity index (χ1v) is 15.8. The molecule has 3 fully saturated rings. The van der Waals surface area contributed by atoms with Crippen molar-refractivity contribution in [3.8, 4) is 6.07 Å². The molecule has 9 heteroatoms. The Morgan fingerprint density at radius 2 is 1.76 bits per heavy atom. The third kappa shape index (κ3) is 6.57. The molecule has 2 bridgehead atoms. The zero-order valence-electron chi connectivity index (χ0n) is 27.2. The van der Waals surface area contributed by atoms with E-state index in [0.717, 1.165) is 78.9 Å². The monoisotopic (exact) mass is 620 g/mol. The van der Waals surface area contributed by atoms with Crippen LogP contribution in [0.1, 0.15) is 74.4 Å². The van der Waals surface area contributed by atoms with Crippen LogP contribution in [0.5, 0.6) is 0 Å². The molecular formula is C37H45FN8. The van der Waals surface area contributed by atoms with E-state index in [2.05, 4.69) is 59.9 Å². The largest absolute Gasteiger partial charge is 0.397 e. The molecule has 0 aliphatic heterocycles. The fourth-order valence-corrected chi connectivity index (χ4v) is 6.79. The highest BCUT2D eigenvalue weighted by molar-refractivity contribution is 5.65. The molecule has 4 aliphatic rings. The minimum atomic E-state index is -0.278. The van der Waals surface area contributed by atoms with Gasteiger partial charge in [0.15, 0.2) is 0 Å². The Balaban J connectivity index is 1.28. The van der Waals surface area contributed by atoms with E-state index in [1.54, 1.807) is 6.07 Å². The number of benzene rings is 1. The molecule has 4 aliphatic carbocycles. The molecule has 46 heavy (non-hydrogen) atoms. The molecule has 3 saturated carbocycles. The van der Waals surface area contributed by atoms with Gasteiger partial charge in [-0.05, 0) is 80.2 Å². The van der Waals surface area contributed by atoms with E-state index in [1.165, 1.54) is 6.07 Å². The zero-order valence-corrected chi connectivity index (χ0v) is 27.2. The second-order valence-corrected chi connectivity index (χ2v) is 13.2. The Hall–Kier alpha value is -4.84. The van der Waals surface area contributed by atoms with Crippen LogP contribution in [-0.2, 0) is 20.1 Å². The van der Waals surface area contributed by atoms with Gasteiger partial charge in [0.2, 0.25) is 5.62 Å². The summed E-state index contributed by atoms with van der Waals surface area (Å²) in [7, 11) is 1.91. The third-order valence-electron chi connectivity index (χ3n) is 10.1. The first-order valence-electron chi connectivity index (χ1n) is 15.8. The normalized spacial score (nSPS) is 22.1. The summed E-state index contributed by atoms with van der Waals surface area (Å²) in [5, 5.41) is 19.7. The van der Waals surface area contributed by atoms with Gasteiger partial charge in [0.1, 0.15) is 5.82 Å². The lowest BCUT2D eigenvalue weighted by Gasteiger charge is -2.53. The van der Waals surface area contributed by atoms with Crippen molar-refractivity contribution in [2.75, 3.05) is 6.54 Å². The second-order valence-electron chi connectivity index (χ2n) is 13.2. The average Bonchev–Trinajstić information content (AvgIpc) is 3.06. The first kappa shape index (κ1) is 32.6. The highest BCUT2D eigenvalue weighted by Gasteiger charge is 2.49. The van der Waals surface area contributed by atoms with Gasteiger partial charge in [-0.25, -0.2) is 14.4 Å². The molecule has 1 aromatic carbocycles. The van der Waals surface area contributed by atoms with Crippen molar-refractivity contribution in [2.24, 2.45) is 28.6 Å². The Kier molecular flexibility index (Phi) is 9.11. The number of nitriles is 1. The molecule has 0 spiro atoms. The Morgan fingerprint density at radius 1 is 1.07 bits per heavy atom. The number of nitrogens with zero attached hydrogens (tertiary/aromatic N) is 4.